The van der Waals surface area contributed by atoms with Crippen molar-refractivity contribution in [3.63, 3.8) is 0 Å². The third-order valence-electron chi connectivity index (χ3n) is 7.64. The van der Waals surface area contributed by atoms with Crippen LogP contribution in [0.1, 0.15) is 17.5 Å². The first-order valence-corrected chi connectivity index (χ1v) is 12.2. The summed E-state index contributed by atoms with van der Waals surface area (Å²) in [7, 11) is 4.71. The molecule has 1 saturated carbocycles. The molecule has 12 heteroatoms. The fraction of sp³-hybridized carbons (Fsp3) is 0.407. The smallest absolute Gasteiger partial charge is 0.255 e. The van der Waals surface area contributed by atoms with Gasteiger partial charge in [0.15, 0.2) is 11.4 Å². The van der Waals surface area contributed by atoms with Crippen LogP contribution in [0.5, 0.6) is 5.75 Å². The zero-order valence-electron chi connectivity index (χ0n) is 21.7. The van der Waals surface area contributed by atoms with E-state index in [1.54, 1.807) is 18.0 Å². The van der Waals surface area contributed by atoms with Crippen LogP contribution in [-0.2, 0) is 25.6 Å². The summed E-state index contributed by atoms with van der Waals surface area (Å²) in [5.41, 5.74) is 1.81. The minimum absolute atomic E-state index is 0.00742. The van der Waals surface area contributed by atoms with E-state index in [9.17, 15) is 39.6 Å². The number of aliphatic hydroxyl groups is 3. The van der Waals surface area contributed by atoms with E-state index in [4.69, 9.17) is 12.2 Å². The number of rotatable bonds is 6. The van der Waals surface area contributed by atoms with Gasteiger partial charge in [-0.05, 0) is 51.5 Å². The minimum Gasteiger partial charge on any atom is -0.508 e. The summed E-state index contributed by atoms with van der Waals surface area (Å²) in [5.74, 6) is -5.40. The quantitative estimate of drug-likeness (QED) is 0.156. The highest BCUT2D eigenvalue weighted by molar-refractivity contribution is 6.24. The van der Waals surface area contributed by atoms with Crippen LogP contribution in [0.15, 0.2) is 29.0 Å². The van der Waals surface area contributed by atoms with E-state index >= 15 is 0 Å². The van der Waals surface area contributed by atoms with E-state index in [0.717, 1.165) is 0 Å². The van der Waals surface area contributed by atoms with Gasteiger partial charge in [-0.25, -0.2) is 0 Å². The number of nitrogens with two attached hydrogens (primary N) is 1. The fourth-order valence-electron chi connectivity index (χ4n) is 5.97. The standard InChI is InChI=1S/C27H30N4O8/c1-5-8-31(4)11-16(32)29-15-7-6-12-9-13-10-14-20(30(2)3)23(35)19(26(28)38)25(37)27(14,39)24(36)18(13)22(34)17(12)21(15)33/h1,6-7,13-14,20,33-34,37,39H,8-11H2,2-4H3,(H2,28,38)(H,29,32). The molecule has 2 amide bonds. The molecule has 3 aliphatic rings. The number of terminal acetylenes is 1. The van der Waals surface area contributed by atoms with Crippen molar-refractivity contribution >= 4 is 34.8 Å². The van der Waals surface area contributed by atoms with Crippen molar-refractivity contribution in [2.75, 3.05) is 39.5 Å². The Balaban J connectivity index is 1.80. The highest BCUT2D eigenvalue weighted by Gasteiger charge is 2.64. The van der Waals surface area contributed by atoms with Crippen LogP contribution in [0.3, 0.4) is 0 Å². The molecule has 0 aliphatic heterocycles. The molecule has 3 aliphatic carbocycles. The Kier molecular flexibility index (Phi) is 7.03. The number of fused-ring (bicyclic) bond motifs is 3. The predicted octanol–water partition coefficient (Wildman–Crippen LogP) is -0.532. The van der Waals surface area contributed by atoms with Gasteiger partial charge in [0.1, 0.15) is 22.8 Å². The number of benzene rings is 1. The molecule has 1 fully saturated rings. The lowest BCUT2D eigenvalue weighted by atomic mass is 9.57. The molecule has 206 valence electrons. The molecule has 0 saturated heterocycles. The topological polar surface area (TPSA) is 194 Å². The summed E-state index contributed by atoms with van der Waals surface area (Å²) in [6.45, 7) is 0.158. The Morgan fingerprint density at radius 3 is 2.46 bits per heavy atom. The first-order valence-electron chi connectivity index (χ1n) is 12.2. The largest absolute Gasteiger partial charge is 0.508 e. The number of anilines is 1. The number of hydrogen-bond donors (Lipinski definition) is 6. The van der Waals surface area contributed by atoms with Crippen LogP contribution >= 0.6 is 0 Å². The maximum atomic E-state index is 13.8. The molecule has 4 rings (SSSR count). The van der Waals surface area contributed by atoms with Gasteiger partial charge in [0.25, 0.3) is 5.91 Å². The second-order valence-electron chi connectivity index (χ2n) is 10.4. The normalized spacial score (nSPS) is 26.2. The summed E-state index contributed by atoms with van der Waals surface area (Å²) >= 11 is 0. The first-order chi connectivity index (χ1) is 18.2. The Bertz CT molecular complexity index is 1400. The highest BCUT2D eigenvalue weighted by atomic mass is 16.3. The molecule has 0 spiro atoms. The van der Waals surface area contributed by atoms with Crippen molar-refractivity contribution in [1.82, 2.24) is 9.80 Å². The molecule has 0 heterocycles. The van der Waals surface area contributed by atoms with Gasteiger partial charge in [-0.1, -0.05) is 12.0 Å². The molecule has 1 aromatic carbocycles. The van der Waals surface area contributed by atoms with Crippen LogP contribution in [0.4, 0.5) is 5.69 Å². The average Bonchev–Trinajstić information content (AvgIpc) is 2.82. The maximum Gasteiger partial charge on any atom is 0.255 e. The number of phenolic OH excluding ortho intramolecular Hbond substituents is 1. The van der Waals surface area contributed by atoms with Crippen molar-refractivity contribution in [3.8, 4) is 18.1 Å². The monoisotopic (exact) mass is 538 g/mol. The summed E-state index contributed by atoms with van der Waals surface area (Å²) in [5, 5.41) is 47.3. The number of primary amides is 1. The maximum absolute atomic E-state index is 13.8. The van der Waals surface area contributed by atoms with E-state index in [0.29, 0.717) is 5.56 Å². The third-order valence-corrected chi connectivity index (χ3v) is 7.64. The Hall–Kier alpha value is -4.18. The van der Waals surface area contributed by atoms with Gasteiger partial charge in [-0.3, -0.25) is 29.0 Å². The Morgan fingerprint density at radius 2 is 1.87 bits per heavy atom. The Labute approximate surface area is 224 Å². The number of nitrogens with zero attached hydrogens (tertiary/aromatic N) is 2. The van der Waals surface area contributed by atoms with Crippen LogP contribution in [0, 0.1) is 24.2 Å². The number of carbonyl (C=O) groups is 4. The summed E-state index contributed by atoms with van der Waals surface area (Å²) in [6.07, 6.45) is 5.39. The molecule has 4 atom stereocenters. The zero-order chi connectivity index (χ0) is 29.0. The van der Waals surface area contributed by atoms with Gasteiger partial charge in [0.05, 0.1) is 30.4 Å². The number of hydrogen-bond acceptors (Lipinski definition) is 10. The summed E-state index contributed by atoms with van der Waals surface area (Å²) in [6, 6.07) is 1.90. The molecule has 1 aromatic rings. The third kappa shape index (κ3) is 4.24. The summed E-state index contributed by atoms with van der Waals surface area (Å²) < 4.78 is 0. The number of nitrogens with one attached hydrogen (secondary N) is 1. The lowest BCUT2D eigenvalue weighted by Gasteiger charge is -2.50. The molecule has 39 heavy (non-hydrogen) atoms. The van der Waals surface area contributed by atoms with Gasteiger partial charge in [0, 0.05) is 11.5 Å². The van der Waals surface area contributed by atoms with Gasteiger partial charge >= 0.3 is 0 Å². The van der Waals surface area contributed by atoms with Crippen LogP contribution in [0.25, 0.3) is 5.76 Å². The molecule has 4 unspecified atom stereocenters. The number of carbonyl (C=O) groups excluding carboxylic acids is 4. The molecule has 12 nitrogen and oxygen atoms in total. The van der Waals surface area contributed by atoms with Gasteiger partial charge in [-0.15, -0.1) is 6.42 Å². The van der Waals surface area contributed by atoms with E-state index in [1.807, 2.05) is 0 Å². The molecular formula is C27H30N4O8. The zero-order valence-corrected chi connectivity index (χ0v) is 21.7. The number of amides is 2. The molecule has 0 radical (unpaired) electrons. The van der Waals surface area contributed by atoms with Gasteiger partial charge in [-0.2, -0.15) is 0 Å². The number of phenols is 1. The van der Waals surface area contributed by atoms with Crippen LogP contribution in [0.2, 0.25) is 0 Å². The van der Waals surface area contributed by atoms with E-state index < -0.39 is 69.7 Å². The van der Waals surface area contributed by atoms with Crippen molar-refractivity contribution in [3.05, 3.63) is 40.2 Å². The van der Waals surface area contributed by atoms with E-state index in [1.165, 1.54) is 25.1 Å². The first kappa shape index (κ1) is 27.8. The molecule has 0 bridgehead atoms. The lowest BCUT2D eigenvalue weighted by Crippen LogP contribution is -2.65. The van der Waals surface area contributed by atoms with Crippen molar-refractivity contribution < 1.29 is 39.6 Å². The molecule has 7 N–H and O–H groups in total. The predicted molar refractivity (Wildman–Crippen MR) is 139 cm³/mol. The number of Topliss-reactive ketones (excluding diaryl/α,β-unsaturated/α-hetero) is 2. The fourth-order valence-corrected chi connectivity index (χ4v) is 5.97. The van der Waals surface area contributed by atoms with E-state index in [2.05, 4.69) is 11.2 Å². The molecular weight excluding hydrogens is 508 g/mol. The van der Waals surface area contributed by atoms with Crippen molar-refractivity contribution in [2.24, 2.45) is 17.6 Å². The SMILES string of the molecule is C#CCN(C)CC(=O)Nc1ccc2c(c1O)C(O)=C1C(=O)C3(O)C(O)=C(C(N)=O)C(=O)C(N(C)C)C3CC1C2. The highest BCUT2D eigenvalue weighted by Crippen LogP contribution is 2.53. The number of likely N-dealkylation sites (N-methyl/N-ethyl adjacent to an activating group) is 2. The number of aliphatic hydroxyl groups excluding tert-OH is 2. The minimum atomic E-state index is -2.71. The summed E-state index contributed by atoms with van der Waals surface area (Å²) in [4.78, 5) is 54.4. The number of ketones is 2. The van der Waals surface area contributed by atoms with Crippen LogP contribution < -0.4 is 11.1 Å². The molecule has 0 aromatic heterocycles. The number of aromatic hydroxyl groups is 1. The lowest BCUT2D eigenvalue weighted by molar-refractivity contribution is -0.153. The van der Waals surface area contributed by atoms with Gasteiger partial charge < -0.3 is 31.5 Å². The van der Waals surface area contributed by atoms with Crippen molar-refractivity contribution in [2.45, 2.75) is 24.5 Å². The average molecular weight is 539 g/mol. The van der Waals surface area contributed by atoms with Crippen molar-refractivity contribution in [1.29, 1.82) is 0 Å². The van der Waals surface area contributed by atoms with Crippen LogP contribution in [-0.4, -0.2) is 99.5 Å². The van der Waals surface area contributed by atoms with Gasteiger partial charge in [0.2, 0.25) is 11.7 Å². The second kappa shape index (κ2) is 9.85. The van der Waals surface area contributed by atoms with E-state index in [-0.39, 0.29) is 42.8 Å². The Morgan fingerprint density at radius 1 is 1.21 bits per heavy atom. The second-order valence-corrected chi connectivity index (χ2v) is 10.4.